The maximum atomic E-state index is 5.69. The van der Waals surface area contributed by atoms with Gasteiger partial charge in [0.1, 0.15) is 0 Å². The second-order valence-corrected chi connectivity index (χ2v) is 9.69. The molecule has 0 saturated heterocycles. The minimum atomic E-state index is 0.393. The number of fused-ring (bicyclic) bond motifs is 3. The summed E-state index contributed by atoms with van der Waals surface area (Å²) in [5, 5.41) is 0. The third kappa shape index (κ3) is 3.54. The van der Waals surface area contributed by atoms with Crippen LogP contribution in [-0.4, -0.2) is 6.54 Å². The molecule has 3 rings (SSSR count). The van der Waals surface area contributed by atoms with E-state index in [4.69, 9.17) is 5.73 Å². The molecule has 25 heavy (non-hydrogen) atoms. The molecule has 0 aromatic heterocycles. The molecule has 0 radical (unpaired) electrons. The van der Waals surface area contributed by atoms with Crippen LogP contribution in [0.5, 0.6) is 0 Å². The number of unbranched alkanes of at least 4 members (excludes halogenated alkanes) is 2. The third-order valence-corrected chi connectivity index (χ3v) is 7.62. The van der Waals surface area contributed by atoms with Crippen molar-refractivity contribution >= 4 is 0 Å². The van der Waals surface area contributed by atoms with Gasteiger partial charge in [0.25, 0.3) is 0 Å². The molecule has 2 N–H and O–H groups in total. The molecule has 0 amide bonds. The summed E-state index contributed by atoms with van der Waals surface area (Å²) < 4.78 is 0. The van der Waals surface area contributed by atoms with Crippen LogP contribution in [0.15, 0.2) is 18.2 Å². The van der Waals surface area contributed by atoms with E-state index in [2.05, 4.69) is 45.9 Å². The van der Waals surface area contributed by atoms with E-state index >= 15 is 0 Å². The highest BCUT2D eigenvalue weighted by atomic mass is 14.6. The van der Waals surface area contributed by atoms with Gasteiger partial charge in [0.05, 0.1) is 0 Å². The molecule has 1 aromatic carbocycles. The Morgan fingerprint density at radius 2 is 1.92 bits per heavy atom. The van der Waals surface area contributed by atoms with Crippen molar-refractivity contribution in [3.63, 3.8) is 0 Å². The highest BCUT2D eigenvalue weighted by molar-refractivity contribution is 5.42. The molecule has 0 aliphatic heterocycles. The zero-order chi connectivity index (χ0) is 18.1. The Kier molecular flexibility index (Phi) is 5.63. The summed E-state index contributed by atoms with van der Waals surface area (Å²) >= 11 is 0. The Morgan fingerprint density at radius 1 is 1.12 bits per heavy atom. The van der Waals surface area contributed by atoms with Crippen LogP contribution in [0.4, 0.5) is 0 Å². The molecule has 2 aliphatic carbocycles. The second kappa shape index (κ2) is 7.43. The van der Waals surface area contributed by atoms with Crippen LogP contribution in [0.1, 0.15) is 102 Å². The molecular weight excluding hydrogens is 302 g/mol. The van der Waals surface area contributed by atoms with E-state index in [0.29, 0.717) is 16.7 Å². The van der Waals surface area contributed by atoms with E-state index in [1.54, 1.807) is 11.1 Å². The van der Waals surface area contributed by atoms with E-state index in [1.165, 1.54) is 63.4 Å². The Labute approximate surface area is 155 Å². The van der Waals surface area contributed by atoms with Gasteiger partial charge in [-0.1, -0.05) is 65.2 Å². The molecule has 0 heterocycles. The summed E-state index contributed by atoms with van der Waals surface area (Å²) in [5.41, 5.74) is 11.5. The summed E-state index contributed by atoms with van der Waals surface area (Å²) in [7, 11) is 0. The van der Waals surface area contributed by atoms with Gasteiger partial charge in [0.2, 0.25) is 0 Å². The molecule has 0 unspecified atom stereocenters. The van der Waals surface area contributed by atoms with Crippen molar-refractivity contribution in [3.8, 4) is 0 Å². The number of hydrogen-bond acceptors (Lipinski definition) is 1. The van der Waals surface area contributed by atoms with Crippen LogP contribution in [0.25, 0.3) is 0 Å². The molecule has 1 nitrogen and oxygen atoms in total. The predicted molar refractivity (Wildman–Crippen MR) is 109 cm³/mol. The van der Waals surface area contributed by atoms with Crippen LogP contribution < -0.4 is 5.73 Å². The zero-order valence-electron chi connectivity index (χ0n) is 17.0. The van der Waals surface area contributed by atoms with Gasteiger partial charge in [-0.3, -0.25) is 0 Å². The lowest BCUT2D eigenvalue weighted by Crippen LogP contribution is -2.49. The van der Waals surface area contributed by atoms with Gasteiger partial charge in [-0.2, -0.15) is 0 Å². The number of rotatable bonds is 6. The van der Waals surface area contributed by atoms with Gasteiger partial charge < -0.3 is 5.73 Å². The fraction of sp³-hybridized carbons (Fsp3) is 0.750. The first-order valence-electron chi connectivity index (χ1n) is 10.7. The largest absolute Gasteiger partial charge is 0.330 e. The first-order valence-corrected chi connectivity index (χ1v) is 10.7. The van der Waals surface area contributed by atoms with Gasteiger partial charge in [0, 0.05) is 0 Å². The highest BCUT2D eigenvalue weighted by Gasteiger charge is 2.51. The van der Waals surface area contributed by atoms with Gasteiger partial charge >= 0.3 is 0 Å². The van der Waals surface area contributed by atoms with E-state index in [9.17, 15) is 0 Å². The van der Waals surface area contributed by atoms with E-state index in [1.807, 2.05) is 0 Å². The zero-order valence-corrected chi connectivity index (χ0v) is 17.0. The number of nitrogens with two attached hydrogens (primary N) is 1. The Bertz CT molecular complexity index is 590. The van der Waals surface area contributed by atoms with Gasteiger partial charge in [0.15, 0.2) is 0 Å². The van der Waals surface area contributed by atoms with Crippen molar-refractivity contribution in [2.75, 3.05) is 6.54 Å². The Hall–Kier alpha value is -0.820. The quantitative estimate of drug-likeness (QED) is 0.600. The van der Waals surface area contributed by atoms with Gasteiger partial charge in [-0.05, 0) is 84.4 Å². The molecule has 1 fully saturated rings. The fourth-order valence-electron chi connectivity index (χ4n) is 6.15. The average Bonchev–Trinajstić information content (AvgIpc) is 2.58. The standard InChI is InChI=1S/C24H39N/c1-18(2)19-9-11-21-20(17-19)10-12-22-23(3,13-6-5-7-16-25)14-8-15-24(21,22)4/h9,11,17-18,22H,5-8,10,12-16,25H2,1-4H3/t22-,23+,24+/m0/s1. The molecule has 2 aliphatic rings. The van der Waals surface area contributed by atoms with Crippen molar-refractivity contribution in [2.24, 2.45) is 17.1 Å². The predicted octanol–water partition coefficient (Wildman–Crippen LogP) is 6.34. The molecule has 1 saturated carbocycles. The topological polar surface area (TPSA) is 26.0 Å². The van der Waals surface area contributed by atoms with E-state index in [0.717, 1.165) is 12.5 Å². The molecule has 0 bridgehead atoms. The van der Waals surface area contributed by atoms with Crippen LogP contribution in [0.2, 0.25) is 0 Å². The minimum absolute atomic E-state index is 0.393. The molecule has 3 atom stereocenters. The lowest BCUT2D eigenvalue weighted by molar-refractivity contribution is 0.0168. The van der Waals surface area contributed by atoms with Crippen molar-refractivity contribution in [1.29, 1.82) is 0 Å². The SMILES string of the molecule is CC(C)c1ccc2c(c1)CC[C@H]1[C@](C)(CCCCCN)CCC[C@]21C. The normalized spacial score (nSPS) is 31.7. The van der Waals surface area contributed by atoms with Crippen molar-refractivity contribution in [1.82, 2.24) is 0 Å². The van der Waals surface area contributed by atoms with Crippen LogP contribution in [0.3, 0.4) is 0 Å². The fourth-order valence-corrected chi connectivity index (χ4v) is 6.15. The monoisotopic (exact) mass is 341 g/mol. The maximum absolute atomic E-state index is 5.69. The van der Waals surface area contributed by atoms with Crippen LogP contribution in [0, 0.1) is 11.3 Å². The summed E-state index contributed by atoms with van der Waals surface area (Å²) in [6.45, 7) is 10.7. The summed E-state index contributed by atoms with van der Waals surface area (Å²) in [5.74, 6) is 1.49. The van der Waals surface area contributed by atoms with Crippen molar-refractivity contribution in [2.45, 2.75) is 96.8 Å². The number of benzene rings is 1. The summed E-state index contributed by atoms with van der Waals surface area (Å²) in [4.78, 5) is 0. The number of hydrogen-bond donors (Lipinski definition) is 1. The minimum Gasteiger partial charge on any atom is -0.330 e. The van der Waals surface area contributed by atoms with Crippen molar-refractivity contribution in [3.05, 3.63) is 34.9 Å². The first-order chi connectivity index (χ1) is 11.9. The van der Waals surface area contributed by atoms with Gasteiger partial charge in [-0.25, -0.2) is 0 Å². The lowest BCUT2D eigenvalue weighted by Gasteiger charge is -2.56. The lowest BCUT2D eigenvalue weighted by atomic mass is 9.49. The van der Waals surface area contributed by atoms with E-state index in [-0.39, 0.29) is 0 Å². The molecule has 0 spiro atoms. The molecule has 1 heteroatoms. The van der Waals surface area contributed by atoms with Gasteiger partial charge in [-0.15, -0.1) is 0 Å². The Balaban J connectivity index is 1.85. The first kappa shape index (κ1) is 19.0. The number of aryl methyl sites for hydroxylation is 1. The highest BCUT2D eigenvalue weighted by Crippen LogP contribution is 2.58. The van der Waals surface area contributed by atoms with Crippen LogP contribution in [-0.2, 0) is 11.8 Å². The third-order valence-electron chi connectivity index (χ3n) is 7.62. The molecule has 140 valence electrons. The average molecular weight is 342 g/mol. The second-order valence-electron chi connectivity index (χ2n) is 9.69. The molecular formula is C24H39N. The van der Waals surface area contributed by atoms with Crippen LogP contribution >= 0.6 is 0 Å². The summed E-state index contributed by atoms with van der Waals surface area (Å²) in [6, 6.07) is 7.43. The maximum Gasteiger partial charge on any atom is -0.00390 e. The smallest absolute Gasteiger partial charge is 0.00390 e. The van der Waals surface area contributed by atoms with E-state index < -0.39 is 0 Å². The molecule has 1 aromatic rings. The summed E-state index contributed by atoms with van der Waals surface area (Å²) in [6.07, 6.45) is 12.1. The van der Waals surface area contributed by atoms with Crippen molar-refractivity contribution < 1.29 is 0 Å². The Morgan fingerprint density at radius 3 is 2.64 bits per heavy atom.